The number of aromatic nitrogens is 3. The molecule has 3 rings (SSSR count). The molecule has 140 valence electrons. The molecule has 0 bridgehead atoms. The lowest BCUT2D eigenvalue weighted by atomic mass is 9.93. The van der Waals surface area contributed by atoms with E-state index in [1.165, 1.54) is 17.8 Å². The van der Waals surface area contributed by atoms with E-state index in [1.807, 2.05) is 20.8 Å². The molecule has 0 unspecified atom stereocenters. The number of fused-ring (bicyclic) bond motifs is 1. The molecule has 0 fully saturated rings. The van der Waals surface area contributed by atoms with E-state index < -0.39 is 5.97 Å². The topological polar surface area (TPSA) is 88.1 Å². The van der Waals surface area contributed by atoms with Crippen LogP contribution in [0.25, 0.3) is 10.9 Å². The fraction of sp³-hybridized carbons (Fsp3) is 0.300. The molecular formula is C20H21N3O4. The molecule has 0 spiro atoms. The van der Waals surface area contributed by atoms with Gasteiger partial charge in [-0.1, -0.05) is 6.07 Å². The molecule has 3 aromatic rings. The molecular weight excluding hydrogens is 346 g/mol. The molecule has 0 N–H and O–H groups in total. The van der Waals surface area contributed by atoms with Crippen molar-refractivity contribution in [3.63, 3.8) is 0 Å². The van der Waals surface area contributed by atoms with Crippen LogP contribution in [0.15, 0.2) is 18.3 Å². The Labute approximate surface area is 156 Å². The van der Waals surface area contributed by atoms with Crippen LogP contribution >= 0.6 is 0 Å². The van der Waals surface area contributed by atoms with E-state index in [1.54, 1.807) is 26.1 Å². The van der Waals surface area contributed by atoms with Crippen molar-refractivity contribution in [2.45, 2.75) is 34.6 Å². The van der Waals surface area contributed by atoms with E-state index in [9.17, 15) is 14.8 Å². The first kappa shape index (κ1) is 18.6. The molecule has 2 heterocycles. The quantitative estimate of drug-likeness (QED) is 0.307. The van der Waals surface area contributed by atoms with Gasteiger partial charge < -0.3 is 9.94 Å². The Morgan fingerprint density at radius 2 is 1.78 bits per heavy atom. The summed E-state index contributed by atoms with van der Waals surface area (Å²) in [7, 11) is 1.59. The highest BCUT2D eigenvalue weighted by Crippen LogP contribution is 2.30. The van der Waals surface area contributed by atoms with E-state index in [2.05, 4.69) is 5.10 Å². The first-order valence-electron chi connectivity index (χ1n) is 8.52. The van der Waals surface area contributed by atoms with Gasteiger partial charge in [-0.05, 0) is 32.4 Å². The minimum atomic E-state index is -0.540. The van der Waals surface area contributed by atoms with E-state index in [-0.39, 0.29) is 17.2 Å². The molecule has 0 atom stereocenters. The van der Waals surface area contributed by atoms with Gasteiger partial charge in [0, 0.05) is 37.6 Å². The van der Waals surface area contributed by atoms with E-state index in [0.717, 1.165) is 21.4 Å². The van der Waals surface area contributed by atoms with Crippen LogP contribution in [0.2, 0.25) is 0 Å². The minimum Gasteiger partial charge on any atom is -0.618 e. The maximum atomic E-state index is 13.3. The first-order valence-corrected chi connectivity index (χ1v) is 8.52. The van der Waals surface area contributed by atoms with Gasteiger partial charge in [-0.15, -0.1) is 0 Å². The molecule has 1 aromatic carbocycles. The third kappa shape index (κ3) is 2.85. The summed E-state index contributed by atoms with van der Waals surface area (Å²) in [5.41, 5.74) is 4.13. The molecule has 0 aliphatic heterocycles. The summed E-state index contributed by atoms with van der Waals surface area (Å²) in [4.78, 5) is 24.7. The van der Waals surface area contributed by atoms with Crippen LogP contribution in [-0.4, -0.2) is 21.5 Å². The summed E-state index contributed by atoms with van der Waals surface area (Å²) in [6.45, 7) is 8.63. The van der Waals surface area contributed by atoms with Crippen LogP contribution in [0.5, 0.6) is 5.88 Å². The Kier molecular flexibility index (Phi) is 4.47. The number of carbonyl (C=O) groups is 2. The lowest BCUT2D eigenvalue weighted by molar-refractivity contribution is -0.584. The predicted molar refractivity (Wildman–Crippen MR) is 99.8 cm³/mol. The Morgan fingerprint density at radius 3 is 2.41 bits per heavy atom. The van der Waals surface area contributed by atoms with E-state index >= 15 is 0 Å². The van der Waals surface area contributed by atoms with Crippen molar-refractivity contribution in [2.24, 2.45) is 7.05 Å². The molecule has 7 nitrogen and oxygen atoms in total. The summed E-state index contributed by atoms with van der Waals surface area (Å²) < 4.78 is 7.37. The van der Waals surface area contributed by atoms with Crippen LogP contribution in [0.4, 0.5) is 0 Å². The zero-order valence-electron chi connectivity index (χ0n) is 16.2. The molecule has 0 aliphatic rings. The normalized spacial score (nSPS) is 11.0. The van der Waals surface area contributed by atoms with Gasteiger partial charge in [0.15, 0.2) is 5.69 Å². The SMILES string of the molecule is CC(=O)Oc1c(C(=O)c2ccc(C)c3c2c(C)c(C)c(C)[n+]3[O-])cnn1C. The maximum absolute atomic E-state index is 13.3. The number of hydrogen-bond donors (Lipinski definition) is 0. The number of carbonyl (C=O) groups excluding carboxylic acids is 2. The number of benzene rings is 1. The van der Waals surface area contributed by atoms with Crippen molar-refractivity contribution in [3.8, 4) is 5.88 Å². The molecule has 2 aromatic heterocycles. The maximum Gasteiger partial charge on any atom is 0.309 e. The Bertz CT molecular complexity index is 1110. The molecule has 0 amide bonds. The van der Waals surface area contributed by atoms with Gasteiger partial charge in [-0.3, -0.25) is 9.59 Å². The highest BCUT2D eigenvalue weighted by atomic mass is 16.5. The fourth-order valence-corrected chi connectivity index (χ4v) is 3.29. The predicted octanol–water partition coefficient (Wildman–Crippen LogP) is 2.60. The smallest absolute Gasteiger partial charge is 0.309 e. The Balaban J connectivity index is 2.32. The summed E-state index contributed by atoms with van der Waals surface area (Å²) in [6.07, 6.45) is 1.37. The van der Waals surface area contributed by atoms with Crippen molar-refractivity contribution >= 4 is 22.7 Å². The summed E-state index contributed by atoms with van der Waals surface area (Å²) in [6, 6.07) is 3.45. The number of ketones is 1. The molecule has 0 saturated heterocycles. The fourth-order valence-electron chi connectivity index (χ4n) is 3.29. The molecule has 7 heteroatoms. The largest absolute Gasteiger partial charge is 0.618 e. The summed E-state index contributed by atoms with van der Waals surface area (Å²) in [5, 5.41) is 17.4. The first-order chi connectivity index (χ1) is 12.6. The van der Waals surface area contributed by atoms with Crippen LogP contribution in [0.1, 0.15) is 45.2 Å². The van der Waals surface area contributed by atoms with Crippen molar-refractivity contribution in [1.82, 2.24) is 9.78 Å². The second-order valence-electron chi connectivity index (χ2n) is 6.69. The number of hydrogen-bond acceptors (Lipinski definition) is 5. The lowest BCUT2D eigenvalue weighted by Gasteiger charge is -2.15. The van der Waals surface area contributed by atoms with Crippen LogP contribution in [-0.2, 0) is 11.8 Å². The van der Waals surface area contributed by atoms with Crippen LogP contribution in [0.3, 0.4) is 0 Å². The average Bonchev–Trinajstić information content (AvgIpc) is 2.97. The zero-order chi connectivity index (χ0) is 20.0. The number of ether oxygens (including phenoxy) is 1. The second kappa shape index (κ2) is 6.50. The Morgan fingerprint density at radius 1 is 1.11 bits per heavy atom. The number of rotatable bonds is 3. The van der Waals surface area contributed by atoms with Crippen LogP contribution < -0.4 is 9.47 Å². The third-order valence-corrected chi connectivity index (χ3v) is 4.98. The van der Waals surface area contributed by atoms with E-state index in [4.69, 9.17) is 4.74 Å². The van der Waals surface area contributed by atoms with Gasteiger partial charge in [0.05, 0.1) is 11.6 Å². The molecule has 27 heavy (non-hydrogen) atoms. The Hall–Kier alpha value is -3.22. The molecule has 0 radical (unpaired) electrons. The highest BCUT2D eigenvalue weighted by molar-refractivity contribution is 6.17. The van der Waals surface area contributed by atoms with Crippen molar-refractivity contribution in [3.05, 3.63) is 57.0 Å². The molecule has 0 aliphatic carbocycles. The standard InChI is InChI=1S/C20H21N3O4/c1-10-7-8-15(17-12(3)11(2)13(4)23(26)18(10)17)19(25)16-9-21-22(6)20(16)27-14(5)24/h7-9H,1-6H3. The van der Waals surface area contributed by atoms with Crippen molar-refractivity contribution in [2.75, 3.05) is 0 Å². The van der Waals surface area contributed by atoms with Crippen molar-refractivity contribution in [1.29, 1.82) is 0 Å². The number of esters is 1. The second-order valence-corrected chi connectivity index (χ2v) is 6.69. The van der Waals surface area contributed by atoms with Gasteiger partial charge in [0.2, 0.25) is 17.2 Å². The number of nitrogens with zero attached hydrogens (tertiary/aromatic N) is 3. The van der Waals surface area contributed by atoms with Crippen LogP contribution in [0, 0.1) is 32.9 Å². The van der Waals surface area contributed by atoms with Gasteiger partial charge in [0.25, 0.3) is 0 Å². The minimum absolute atomic E-state index is 0.0812. The number of pyridine rings is 1. The van der Waals surface area contributed by atoms with Crippen molar-refractivity contribution < 1.29 is 19.1 Å². The van der Waals surface area contributed by atoms with E-state index in [0.29, 0.717) is 22.2 Å². The number of aryl methyl sites for hydroxylation is 3. The highest BCUT2D eigenvalue weighted by Gasteiger charge is 2.27. The summed E-state index contributed by atoms with van der Waals surface area (Å²) in [5.74, 6) is -0.810. The zero-order valence-corrected chi connectivity index (χ0v) is 16.2. The van der Waals surface area contributed by atoms with Gasteiger partial charge in [0.1, 0.15) is 5.56 Å². The van der Waals surface area contributed by atoms with Gasteiger partial charge in [-0.25, -0.2) is 4.68 Å². The van der Waals surface area contributed by atoms with Gasteiger partial charge >= 0.3 is 5.97 Å². The monoisotopic (exact) mass is 367 g/mol. The van der Waals surface area contributed by atoms with Gasteiger partial charge in [-0.2, -0.15) is 9.83 Å². The molecule has 0 saturated carbocycles. The lowest BCUT2D eigenvalue weighted by Crippen LogP contribution is -2.33. The summed E-state index contributed by atoms with van der Waals surface area (Å²) >= 11 is 0. The average molecular weight is 367 g/mol. The third-order valence-electron chi connectivity index (χ3n) is 4.98.